The van der Waals surface area contributed by atoms with Crippen LogP contribution in [0.5, 0.6) is 0 Å². The highest BCUT2D eigenvalue weighted by Crippen LogP contribution is 2.55. The molecule has 1 aromatic rings. The summed E-state index contributed by atoms with van der Waals surface area (Å²) < 4.78 is 1.83. The number of carbonyl (C=O) groups is 1. The Morgan fingerprint density at radius 2 is 1.79 bits per heavy atom. The second kappa shape index (κ2) is 5.76. The molecule has 5 rings (SSSR count). The summed E-state index contributed by atoms with van der Waals surface area (Å²) in [7, 11) is 0. The second-order valence-electron chi connectivity index (χ2n) is 8.54. The number of hydrogen-bond acceptors (Lipinski definition) is 2. The van der Waals surface area contributed by atoms with Crippen LogP contribution < -0.4 is 5.32 Å². The second-order valence-corrected chi connectivity index (χ2v) is 8.92. The van der Waals surface area contributed by atoms with Crippen molar-refractivity contribution in [1.82, 2.24) is 15.1 Å². The smallest absolute Gasteiger partial charge is 0.245 e. The molecule has 0 aliphatic heterocycles. The fourth-order valence-corrected chi connectivity index (χ4v) is 6.15. The minimum absolute atomic E-state index is 0.0547. The van der Waals surface area contributed by atoms with Gasteiger partial charge in [-0.25, -0.2) is 0 Å². The zero-order chi connectivity index (χ0) is 17.1. The Kier molecular flexibility index (Phi) is 3.94. The number of carbonyl (C=O) groups excluding carboxylic acids is 1. The van der Waals surface area contributed by atoms with E-state index in [1.165, 1.54) is 38.5 Å². The number of rotatable bonds is 4. The van der Waals surface area contributed by atoms with E-state index in [0.29, 0.717) is 5.02 Å². The molecule has 4 saturated carbocycles. The third kappa shape index (κ3) is 2.58. The lowest BCUT2D eigenvalue weighted by atomic mass is 9.53. The molecule has 4 bridgehead atoms. The van der Waals surface area contributed by atoms with Gasteiger partial charge in [0.1, 0.15) is 6.04 Å². The number of hydrogen-bond donors (Lipinski definition) is 1. The van der Waals surface area contributed by atoms with E-state index in [1.54, 1.807) is 0 Å². The molecular formula is C19H28ClN3O. The van der Waals surface area contributed by atoms with E-state index in [4.69, 9.17) is 11.6 Å². The molecule has 4 aliphatic carbocycles. The predicted molar refractivity (Wildman–Crippen MR) is 95.1 cm³/mol. The molecule has 132 valence electrons. The Balaban J connectivity index is 1.55. The standard InChI is InChI=1S/C19H28ClN3O/c1-4-16(23-12(3)17(20)11(2)22-23)18(24)21-19-8-13-5-14(9-19)7-15(6-13)10-19/h13-16H,4-10H2,1-3H3,(H,21,24). The lowest BCUT2D eigenvalue weighted by Crippen LogP contribution is -2.60. The molecule has 1 atom stereocenters. The van der Waals surface area contributed by atoms with Gasteiger partial charge in [-0.3, -0.25) is 9.48 Å². The van der Waals surface area contributed by atoms with Crippen LogP contribution in [-0.2, 0) is 4.79 Å². The van der Waals surface area contributed by atoms with Gasteiger partial charge in [-0.2, -0.15) is 5.10 Å². The lowest BCUT2D eigenvalue weighted by Gasteiger charge is -2.57. The van der Waals surface area contributed by atoms with E-state index >= 15 is 0 Å². The Labute approximate surface area is 149 Å². The van der Waals surface area contributed by atoms with E-state index < -0.39 is 0 Å². The zero-order valence-electron chi connectivity index (χ0n) is 14.9. The van der Waals surface area contributed by atoms with Gasteiger partial charge >= 0.3 is 0 Å². The molecule has 1 amide bonds. The number of amides is 1. The van der Waals surface area contributed by atoms with Crippen molar-refractivity contribution >= 4 is 17.5 Å². The van der Waals surface area contributed by atoms with Gasteiger partial charge in [-0.15, -0.1) is 0 Å². The van der Waals surface area contributed by atoms with E-state index in [1.807, 2.05) is 25.5 Å². The maximum absolute atomic E-state index is 13.1. The van der Waals surface area contributed by atoms with Crippen LogP contribution in [0.3, 0.4) is 0 Å². The quantitative estimate of drug-likeness (QED) is 0.885. The molecule has 5 heteroatoms. The molecule has 1 N–H and O–H groups in total. The van der Waals surface area contributed by atoms with Gasteiger partial charge in [0.2, 0.25) is 5.91 Å². The van der Waals surface area contributed by atoms with Crippen molar-refractivity contribution in [3.05, 3.63) is 16.4 Å². The largest absolute Gasteiger partial charge is 0.349 e. The maximum atomic E-state index is 13.1. The number of halogens is 1. The first kappa shape index (κ1) is 16.4. The van der Waals surface area contributed by atoms with Crippen LogP contribution >= 0.6 is 11.6 Å². The Bertz CT molecular complexity index is 631. The Hall–Kier alpha value is -1.03. The number of aryl methyl sites for hydroxylation is 1. The van der Waals surface area contributed by atoms with E-state index in [0.717, 1.165) is 35.6 Å². The number of aromatic nitrogens is 2. The summed E-state index contributed by atoms with van der Waals surface area (Å²) in [4.78, 5) is 13.1. The van der Waals surface area contributed by atoms with Gasteiger partial charge in [-0.05, 0) is 76.5 Å². The molecule has 24 heavy (non-hydrogen) atoms. The molecule has 0 radical (unpaired) electrons. The van der Waals surface area contributed by atoms with Crippen LogP contribution in [0, 0.1) is 31.6 Å². The third-order valence-corrected chi connectivity index (χ3v) is 7.19. The summed E-state index contributed by atoms with van der Waals surface area (Å²) in [5.41, 5.74) is 1.75. The molecule has 1 heterocycles. The van der Waals surface area contributed by atoms with E-state index in [-0.39, 0.29) is 17.5 Å². The van der Waals surface area contributed by atoms with Crippen molar-refractivity contribution in [2.24, 2.45) is 17.8 Å². The minimum atomic E-state index is -0.260. The van der Waals surface area contributed by atoms with Gasteiger partial charge in [0.05, 0.1) is 16.4 Å². The number of nitrogens with one attached hydrogen (secondary N) is 1. The van der Waals surface area contributed by atoms with Crippen LogP contribution in [0.2, 0.25) is 5.02 Å². The van der Waals surface area contributed by atoms with Crippen LogP contribution in [0.4, 0.5) is 0 Å². The average molecular weight is 350 g/mol. The van der Waals surface area contributed by atoms with Crippen LogP contribution in [0.1, 0.15) is 69.3 Å². The third-order valence-electron chi connectivity index (χ3n) is 6.65. The Morgan fingerprint density at radius 3 is 2.21 bits per heavy atom. The first-order valence-corrected chi connectivity index (χ1v) is 9.82. The summed E-state index contributed by atoms with van der Waals surface area (Å²) >= 11 is 6.29. The predicted octanol–water partition coefficient (Wildman–Crippen LogP) is 4.19. The molecular weight excluding hydrogens is 322 g/mol. The van der Waals surface area contributed by atoms with Gasteiger partial charge in [0.25, 0.3) is 0 Å². The molecule has 4 fully saturated rings. The summed E-state index contributed by atoms with van der Waals surface area (Å²) in [6.07, 6.45) is 8.44. The maximum Gasteiger partial charge on any atom is 0.245 e. The summed E-state index contributed by atoms with van der Waals surface area (Å²) in [6.45, 7) is 5.90. The first-order chi connectivity index (χ1) is 11.4. The summed E-state index contributed by atoms with van der Waals surface area (Å²) in [5.74, 6) is 2.63. The minimum Gasteiger partial charge on any atom is -0.349 e. The van der Waals surface area contributed by atoms with Crippen molar-refractivity contribution < 1.29 is 4.79 Å². The normalized spacial score (nSPS) is 35.2. The molecule has 4 nitrogen and oxygen atoms in total. The van der Waals surface area contributed by atoms with Crippen molar-refractivity contribution in [2.45, 2.75) is 77.3 Å². The fraction of sp³-hybridized carbons (Fsp3) is 0.789. The highest BCUT2D eigenvalue weighted by molar-refractivity contribution is 6.31. The first-order valence-electron chi connectivity index (χ1n) is 9.44. The lowest BCUT2D eigenvalue weighted by molar-refractivity contribution is -0.130. The van der Waals surface area contributed by atoms with Crippen molar-refractivity contribution in [1.29, 1.82) is 0 Å². The fourth-order valence-electron chi connectivity index (χ4n) is 6.02. The van der Waals surface area contributed by atoms with Crippen molar-refractivity contribution in [3.63, 3.8) is 0 Å². The van der Waals surface area contributed by atoms with Gasteiger partial charge < -0.3 is 5.32 Å². The van der Waals surface area contributed by atoms with Crippen molar-refractivity contribution in [2.75, 3.05) is 0 Å². The highest BCUT2D eigenvalue weighted by Gasteiger charge is 2.51. The zero-order valence-corrected chi connectivity index (χ0v) is 15.7. The van der Waals surface area contributed by atoms with Crippen LogP contribution in [-0.4, -0.2) is 21.2 Å². The SMILES string of the molecule is CCC(C(=O)NC12CC3CC(CC(C3)C1)C2)n1nc(C)c(Cl)c1C. The number of nitrogens with zero attached hydrogens (tertiary/aromatic N) is 2. The highest BCUT2D eigenvalue weighted by atomic mass is 35.5. The monoisotopic (exact) mass is 349 g/mol. The molecule has 1 unspecified atom stereocenters. The van der Waals surface area contributed by atoms with Gasteiger partial charge in [0.15, 0.2) is 0 Å². The summed E-state index contributed by atoms with van der Waals surface area (Å²) in [5, 5.41) is 8.68. The molecule has 0 aromatic carbocycles. The topological polar surface area (TPSA) is 46.9 Å². The van der Waals surface area contributed by atoms with Crippen LogP contribution in [0.25, 0.3) is 0 Å². The molecule has 1 aromatic heterocycles. The van der Waals surface area contributed by atoms with E-state index in [9.17, 15) is 4.79 Å². The van der Waals surface area contributed by atoms with Gasteiger partial charge in [0, 0.05) is 5.54 Å². The summed E-state index contributed by atoms with van der Waals surface area (Å²) in [6, 6.07) is -0.260. The van der Waals surface area contributed by atoms with Crippen molar-refractivity contribution in [3.8, 4) is 0 Å². The molecule has 0 saturated heterocycles. The molecule has 4 aliphatic rings. The molecule has 0 spiro atoms. The van der Waals surface area contributed by atoms with E-state index in [2.05, 4.69) is 10.4 Å². The van der Waals surface area contributed by atoms with Crippen LogP contribution in [0.15, 0.2) is 0 Å². The Morgan fingerprint density at radius 1 is 1.25 bits per heavy atom. The van der Waals surface area contributed by atoms with Gasteiger partial charge in [-0.1, -0.05) is 18.5 Å². The average Bonchev–Trinajstić information content (AvgIpc) is 2.74.